The van der Waals surface area contributed by atoms with Gasteiger partial charge >= 0.3 is 5.97 Å². The third kappa shape index (κ3) is 3.80. The molecule has 30 heavy (non-hydrogen) atoms. The second-order valence-corrected chi connectivity index (χ2v) is 7.82. The predicted molar refractivity (Wildman–Crippen MR) is 115 cm³/mol. The Morgan fingerprint density at radius 3 is 2.60 bits per heavy atom. The van der Waals surface area contributed by atoms with Crippen molar-refractivity contribution in [1.29, 1.82) is 0 Å². The third-order valence-corrected chi connectivity index (χ3v) is 5.74. The Hall–Kier alpha value is -3.21. The Labute approximate surface area is 176 Å². The fourth-order valence-electron chi connectivity index (χ4n) is 4.39. The van der Waals surface area contributed by atoms with Crippen molar-refractivity contribution in [1.82, 2.24) is 10.3 Å². The maximum absolute atomic E-state index is 13.4. The summed E-state index contributed by atoms with van der Waals surface area (Å²) >= 11 is 0. The summed E-state index contributed by atoms with van der Waals surface area (Å²) in [7, 11) is 0. The topological polar surface area (TPSA) is 68.3 Å². The molecule has 0 saturated carbocycles. The first-order valence-corrected chi connectivity index (χ1v) is 10.5. The lowest BCUT2D eigenvalue weighted by atomic mass is 9.73. The van der Waals surface area contributed by atoms with Crippen molar-refractivity contribution in [3.63, 3.8) is 0 Å². The zero-order valence-corrected chi connectivity index (χ0v) is 17.4. The van der Waals surface area contributed by atoms with E-state index in [1.54, 1.807) is 6.20 Å². The van der Waals surface area contributed by atoms with E-state index in [1.165, 1.54) is 0 Å². The van der Waals surface area contributed by atoms with Gasteiger partial charge in [-0.05, 0) is 43.4 Å². The van der Waals surface area contributed by atoms with E-state index >= 15 is 0 Å². The van der Waals surface area contributed by atoms with Gasteiger partial charge in [-0.3, -0.25) is 9.78 Å². The second kappa shape index (κ2) is 8.66. The minimum atomic E-state index is -0.504. The standard InChI is InChI=1S/C25H26N2O3/c1-3-13-30-25(29)22-16(2)27-20-14-18(17-9-5-4-6-10-17)15-21(28)23(20)24(22)19-11-7-8-12-26-19/h4-12,18,24,27H,3,13-15H2,1-2H3/t18-,24-/m0/s1. The highest BCUT2D eigenvalue weighted by Gasteiger charge is 2.41. The molecule has 1 aromatic heterocycles. The predicted octanol–water partition coefficient (Wildman–Crippen LogP) is 4.40. The van der Waals surface area contributed by atoms with Crippen molar-refractivity contribution in [2.45, 2.75) is 44.9 Å². The highest BCUT2D eigenvalue weighted by molar-refractivity contribution is 6.04. The van der Waals surface area contributed by atoms with E-state index in [2.05, 4.69) is 22.4 Å². The quantitative estimate of drug-likeness (QED) is 0.751. The maximum atomic E-state index is 13.4. The van der Waals surface area contributed by atoms with Crippen LogP contribution in [0.3, 0.4) is 0 Å². The Bertz CT molecular complexity index is 1010. The number of aromatic nitrogens is 1. The number of allylic oxidation sites excluding steroid dienone is 3. The van der Waals surface area contributed by atoms with Gasteiger partial charge in [-0.2, -0.15) is 0 Å². The first-order valence-electron chi connectivity index (χ1n) is 10.5. The fourth-order valence-corrected chi connectivity index (χ4v) is 4.39. The van der Waals surface area contributed by atoms with Crippen molar-refractivity contribution in [2.24, 2.45) is 0 Å². The second-order valence-electron chi connectivity index (χ2n) is 7.82. The van der Waals surface area contributed by atoms with Gasteiger partial charge in [0.05, 0.1) is 23.8 Å². The largest absolute Gasteiger partial charge is 0.462 e. The van der Waals surface area contributed by atoms with E-state index < -0.39 is 5.92 Å². The number of ketones is 1. The lowest BCUT2D eigenvalue weighted by molar-refractivity contribution is -0.139. The number of esters is 1. The minimum absolute atomic E-state index is 0.0570. The summed E-state index contributed by atoms with van der Waals surface area (Å²) in [5, 5.41) is 3.37. The van der Waals surface area contributed by atoms with E-state index in [4.69, 9.17) is 4.74 Å². The molecule has 154 valence electrons. The summed E-state index contributed by atoms with van der Waals surface area (Å²) in [6.45, 7) is 4.18. The van der Waals surface area contributed by atoms with Crippen molar-refractivity contribution in [3.05, 3.63) is 88.5 Å². The molecular formula is C25H26N2O3. The number of ether oxygens (including phenoxy) is 1. The van der Waals surface area contributed by atoms with Crippen molar-refractivity contribution < 1.29 is 14.3 Å². The van der Waals surface area contributed by atoms with Gasteiger partial charge in [0.1, 0.15) is 0 Å². The number of rotatable bonds is 5. The molecule has 0 saturated heterocycles. The summed E-state index contributed by atoms with van der Waals surface area (Å²) in [6, 6.07) is 15.7. The molecule has 5 heteroatoms. The van der Waals surface area contributed by atoms with Crippen LogP contribution in [-0.2, 0) is 14.3 Å². The van der Waals surface area contributed by atoms with E-state index in [1.807, 2.05) is 50.2 Å². The number of carbonyl (C=O) groups excluding carboxylic acids is 2. The molecule has 0 fully saturated rings. The molecule has 0 spiro atoms. The number of nitrogens with one attached hydrogen (secondary N) is 1. The molecule has 0 amide bonds. The van der Waals surface area contributed by atoms with Crippen LogP contribution in [0.25, 0.3) is 0 Å². The van der Waals surface area contributed by atoms with Crippen LogP contribution < -0.4 is 5.32 Å². The van der Waals surface area contributed by atoms with Gasteiger partial charge in [0.15, 0.2) is 5.78 Å². The van der Waals surface area contributed by atoms with E-state index in [9.17, 15) is 9.59 Å². The van der Waals surface area contributed by atoms with E-state index in [-0.39, 0.29) is 17.7 Å². The van der Waals surface area contributed by atoms with Crippen LogP contribution in [0.2, 0.25) is 0 Å². The summed E-state index contributed by atoms with van der Waals surface area (Å²) in [5.41, 5.74) is 4.60. The highest BCUT2D eigenvalue weighted by Crippen LogP contribution is 2.45. The molecule has 2 atom stereocenters. The van der Waals surface area contributed by atoms with Crippen molar-refractivity contribution >= 4 is 11.8 Å². The van der Waals surface area contributed by atoms with Crippen LogP contribution in [0.1, 0.15) is 56.2 Å². The molecular weight excluding hydrogens is 376 g/mol. The Morgan fingerprint density at radius 2 is 1.90 bits per heavy atom. The molecule has 5 nitrogen and oxygen atoms in total. The third-order valence-electron chi connectivity index (χ3n) is 5.74. The molecule has 4 rings (SSSR count). The zero-order valence-electron chi connectivity index (χ0n) is 17.4. The maximum Gasteiger partial charge on any atom is 0.336 e. The lowest BCUT2D eigenvalue weighted by Gasteiger charge is -2.36. The average molecular weight is 402 g/mol. The molecule has 2 heterocycles. The zero-order chi connectivity index (χ0) is 21.1. The molecule has 1 N–H and O–H groups in total. The monoisotopic (exact) mass is 402 g/mol. The number of nitrogens with zero attached hydrogens (tertiary/aromatic N) is 1. The Balaban J connectivity index is 1.76. The van der Waals surface area contributed by atoms with Crippen molar-refractivity contribution in [2.75, 3.05) is 6.61 Å². The van der Waals surface area contributed by atoms with E-state index in [0.29, 0.717) is 29.9 Å². The molecule has 1 aliphatic carbocycles. The Morgan fingerprint density at radius 1 is 1.13 bits per heavy atom. The van der Waals surface area contributed by atoms with Crippen molar-refractivity contribution in [3.8, 4) is 0 Å². The number of hydrogen-bond acceptors (Lipinski definition) is 5. The molecule has 0 bridgehead atoms. The van der Waals surface area contributed by atoms with Gasteiger partial charge in [-0.15, -0.1) is 0 Å². The normalized spacial score (nSPS) is 21.2. The van der Waals surface area contributed by atoms with Gasteiger partial charge in [0.2, 0.25) is 0 Å². The minimum Gasteiger partial charge on any atom is -0.462 e. The van der Waals surface area contributed by atoms with Crippen LogP contribution in [0, 0.1) is 0 Å². The molecule has 0 unspecified atom stereocenters. The fraction of sp³-hybridized carbons (Fsp3) is 0.320. The summed E-state index contributed by atoms with van der Waals surface area (Å²) in [5.74, 6) is -0.713. The lowest BCUT2D eigenvalue weighted by Crippen LogP contribution is -2.36. The van der Waals surface area contributed by atoms with Gasteiger partial charge in [-0.1, -0.05) is 43.3 Å². The number of benzene rings is 1. The van der Waals surface area contributed by atoms with E-state index in [0.717, 1.165) is 29.8 Å². The number of hydrogen-bond donors (Lipinski definition) is 1. The highest BCUT2D eigenvalue weighted by atomic mass is 16.5. The molecule has 2 aromatic rings. The first kappa shape index (κ1) is 20.1. The Kier molecular flexibility index (Phi) is 5.79. The number of dihydropyridines is 1. The number of Topliss-reactive ketones (excluding diaryl/α,β-unsaturated/α-hetero) is 1. The van der Waals surface area contributed by atoms with Gasteiger partial charge in [0, 0.05) is 29.6 Å². The first-order chi connectivity index (χ1) is 14.6. The smallest absolute Gasteiger partial charge is 0.336 e. The van der Waals surface area contributed by atoms with Gasteiger partial charge < -0.3 is 10.1 Å². The molecule has 0 radical (unpaired) electrons. The molecule has 2 aliphatic rings. The van der Waals surface area contributed by atoms with Crippen LogP contribution in [0.15, 0.2) is 77.3 Å². The number of carbonyl (C=O) groups is 2. The summed E-state index contributed by atoms with van der Waals surface area (Å²) < 4.78 is 5.46. The SMILES string of the molecule is CCCOC(=O)C1=C(C)NC2=C(C(=O)C[C@@H](c3ccccc3)C2)[C@H]1c1ccccn1. The molecule has 1 aliphatic heterocycles. The number of pyridine rings is 1. The van der Waals surface area contributed by atoms with Gasteiger partial charge in [-0.25, -0.2) is 4.79 Å². The average Bonchev–Trinajstić information content (AvgIpc) is 2.77. The van der Waals surface area contributed by atoms with Gasteiger partial charge in [0.25, 0.3) is 0 Å². The van der Waals surface area contributed by atoms with Crippen LogP contribution in [0.5, 0.6) is 0 Å². The molecule has 1 aromatic carbocycles. The van der Waals surface area contributed by atoms with Crippen LogP contribution in [-0.4, -0.2) is 23.3 Å². The summed E-state index contributed by atoms with van der Waals surface area (Å²) in [4.78, 5) is 30.8. The van der Waals surface area contributed by atoms with Crippen LogP contribution in [0.4, 0.5) is 0 Å². The van der Waals surface area contributed by atoms with Crippen LogP contribution >= 0.6 is 0 Å². The summed E-state index contributed by atoms with van der Waals surface area (Å²) in [6.07, 6.45) is 3.58.